The molecule has 0 saturated heterocycles. The van der Waals surface area contributed by atoms with Crippen molar-refractivity contribution >= 4 is 11.6 Å². The molecule has 0 heterocycles. The highest BCUT2D eigenvalue weighted by molar-refractivity contribution is 6.31. The third kappa shape index (κ3) is 3.36. The number of rotatable bonds is 3. The van der Waals surface area contributed by atoms with Gasteiger partial charge in [-0.25, -0.2) is 0 Å². The van der Waals surface area contributed by atoms with E-state index in [1.807, 2.05) is 0 Å². The van der Waals surface area contributed by atoms with Crippen LogP contribution in [0.3, 0.4) is 0 Å². The van der Waals surface area contributed by atoms with E-state index < -0.39 is 11.7 Å². The Balaban J connectivity index is 2.17. The summed E-state index contributed by atoms with van der Waals surface area (Å²) in [7, 11) is 0. The molecular formula is C14H10ClF3O2. The van der Waals surface area contributed by atoms with Crippen molar-refractivity contribution in [2.24, 2.45) is 0 Å². The van der Waals surface area contributed by atoms with Crippen molar-refractivity contribution in [3.05, 3.63) is 58.6 Å². The smallest absolute Gasteiger partial charge is 0.419 e. The summed E-state index contributed by atoms with van der Waals surface area (Å²) in [5.41, 5.74) is -0.318. The largest absolute Gasteiger partial charge is 0.506 e. The highest BCUT2D eigenvalue weighted by atomic mass is 35.5. The third-order valence-electron chi connectivity index (χ3n) is 2.60. The van der Waals surface area contributed by atoms with Gasteiger partial charge in [0.2, 0.25) is 0 Å². The topological polar surface area (TPSA) is 29.5 Å². The first-order valence-electron chi connectivity index (χ1n) is 5.64. The Bertz CT molecular complexity index is 612. The van der Waals surface area contributed by atoms with Crippen LogP contribution in [0, 0.1) is 0 Å². The van der Waals surface area contributed by atoms with Crippen LogP contribution in [0.5, 0.6) is 11.5 Å². The van der Waals surface area contributed by atoms with Gasteiger partial charge in [-0.2, -0.15) is 13.2 Å². The molecule has 2 rings (SSSR count). The Morgan fingerprint density at radius 3 is 2.45 bits per heavy atom. The Morgan fingerprint density at radius 1 is 1.10 bits per heavy atom. The highest BCUT2D eigenvalue weighted by Gasteiger charge is 2.33. The van der Waals surface area contributed by atoms with Gasteiger partial charge in [-0.3, -0.25) is 0 Å². The Morgan fingerprint density at radius 2 is 1.80 bits per heavy atom. The van der Waals surface area contributed by atoms with Gasteiger partial charge < -0.3 is 9.84 Å². The molecule has 20 heavy (non-hydrogen) atoms. The number of halogens is 4. The van der Waals surface area contributed by atoms with Gasteiger partial charge in [0.05, 0.1) is 10.6 Å². The normalized spacial score (nSPS) is 11.4. The van der Waals surface area contributed by atoms with Crippen molar-refractivity contribution in [1.29, 1.82) is 0 Å². The molecule has 0 saturated carbocycles. The first kappa shape index (κ1) is 14.5. The lowest BCUT2D eigenvalue weighted by atomic mass is 10.2. The number of hydrogen-bond acceptors (Lipinski definition) is 2. The zero-order chi connectivity index (χ0) is 14.8. The van der Waals surface area contributed by atoms with Crippen LogP contribution >= 0.6 is 11.6 Å². The Kier molecular flexibility index (Phi) is 4.09. The lowest BCUT2D eigenvalue weighted by Crippen LogP contribution is -2.08. The maximum absolute atomic E-state index is 12.8. The number of ether oxygens (including phenoxy) is 1. The first-order chi connectivity index (χ1) is 9.38. The van der Waals surface area contributed by atoms with E-state index in [4.69, 9.17) is 16.3 Å². The van der Waals surface area contributed by atoms with Gasteiger partial charge >= 0.3 is 6.18 Å². The van der Waals surface area contributed by atoms with Gasteiger partial charge in [0.25, 0.3) is 0 Å². The van der Waals surface area contributed by atoms with Crippen molar-refractivity contribution in [3.8, 4) is 11.5 Å². The zero-order valence-corrected chi connectivity index (χ0v) is 10.9. The minimum Gasteiger partial charge on any atom is -0.506 e. The van der Waals surface area contributed by atoms with Crippen molar-refractivity contribution in [2.75, 3.05) is 0 Å². The molecule has 0 bridgehead atoms. The molecule has 0 spiro atoms. The molecule has 6 heteroatoms. The summed E-state index contributed by atoms with van der Waals surface area (Å²) in [6.45, 7) is -0.0994. The van der Waals surface area contributed by atoms with E-state index in [-0.39, 0.29) is 23.1 Å². The second kappa shape index (κ2) is 5.63. The van der Waals surface area contributed by atoms with E-state index >= 15 is 0 Å². The molecule has 1 N–H and O–H groups in total. The Hall–Kier alpha value is -1.88. The van der Waals surface area contributed by atoms with E-state index in [0.29, 0.717) is 5.56 Å². The highest BCUT2D eigenvalue weighted by Crippen LogP contribution is 2.36. The molecule has 2 nitrogen and oxygen atoms in total. The molecule has 0 aliphatic heterocycles. The molecule has 0 radical (unpaired) electrons. The monoisotopic (exact) mass is 302 g/mol. The fourth-order valence-electron chi connectivity index (χ4n) is 1.64. The summed E-state index contributed by atoms with van der Waals surface area (Å²) in [6.07, 6.45) is -4.47. The quantitative estimate of drug-likeness (QED) is 0.894. The van der Waals surface area contributed by atoms with Crippen molar-refractivity contribution in [3.63, 3.8) is 0 Å². The summed E-state index contributed by atoms with van der Waals surface area (Å²) in [5.74, 6) is -0.397. The second-order valence-corrected chi connectivity index (χ2v) is 4.48. The Labute approximate surface area is 118 Å². The van der Waals surface area contributed by atoms with Gasteiger partial charge in [-0.05, 0) is 29.8 Å². The average molecular weight is 303 g/mol. The van der Waals surface area contributed by atoms with E-state index in [1.165, 1.54) is 30.3 Å². The van der Waals surface area contributed by atoms with Crippen LogP contribution in [0.2, 0.25) is 5.02 Å². The summed E-state index contributed by atoms with van der Waals surface area (Å²) in [5, 5.41) is 9.58. The van der Waals surface area contributed by atoms with Crippen molar-refractivity contribution in [2.45, 2.75) is 12.8 Å². The van der Waals surface area contributed by atoms with Gasteiger partial charge in [0.1, 0.15) is 18.1 Å². The van der Waals surface area contributed by atoms with Gasteiger partial charge in [0.15, 0.2) is 0 Å². The summed E-state index contributed by atoms with van der Waals surface area (Å²) >= 11 is 5.64. The summed E-state index contributed by atoms with van der Waals surface area (Å²) in [6, 6.07) is 9.32. The van der Waals surface area contributed by atoms with E-state index in [1.54, 1.807) is 6.07 Å². The van der Waals surface area contributed by atoms with Gasteiger partial charge in [-0.1, -0.05) is 29.8 Å². The molecule has 2 aromatic rings. The molecule has 0 aliphatic carbocycles. The molecule has 0 fully saturated rings. The van der Waals surface area contributed by atoms with E-state index in [2.05, 4.69) is 0 Å². The lowest BCUT2D eigenvalue weighted by molar-refractivity contribution is -0.139. The summed E-state index contributed by atoms with van der Waals surface area (Å²) < 4.78 is 43.4. The maximum Gasteiger partial charge on any atom is 0.419 e. The molecule has 0 aliphatic rings. The average Bonchev–Trinajstić information content (AvgIpc) is 2.39. The van der Waals surface area contributed by atoms with Crippen LogP contribution in [0.15, 0.2) is 42.5 Å². The van der Waals surface area contributed by atoms with Crippen LogP contribution in [-0.2, 0) is 12.8 Å². The second-order valence-electron chi connectivity index (χ2n) is 4.07. The number of aromatic hydroxyl groups is 1. The predicted octanol–water partition coefficient (Wildman–Crippen LogP) is 4.64. The molecule has 0 amide bonds. The maximum atomic E-state index is 12.8. The molecule has 0 unspecified atom stereocenters. The number of phenolic OH excluding ortho intramolecular Hbond substituents is 1. The molecule has 2 aromatic carbocycles. The lowest BCUT2D eigenvalue weighted by Gasteiger charge is -2.13. The van der Waals surface area contributed by atoms with Gasteiger partial charge in [0, 0.05) is 0 Å². The predicted molar refractivity (Wildman–Crippen MR) is 68.9 cm³/mol. The van der Waals surface area contributed by atoms with E-state index in [9.17, 15) is 18.3 Å². The molecule has 0 atom stereocenters. The number of para-hydroxylation sites is 1. The minimum atomic E-state index is -4.47. The number of benzene rings is 2. The minimum absolute atomic E-state index is 0.0994. The number of hydrogen-bond donors (Lipinski definition) is 1. The molecular weight excluding hydrogens is 293 g/mol. The number of phenols is 1. The SMILES string of the molecule is Oc1cc(COc2ccccc2C(F)(F)F)ccc1Cl. The van der Waals surface area contributed by atoms with Crippen molar-refractivity contribution in [1.82, 2.24) is 0 Å². The van der Waals surface area contributed by atoms with Crippen LogP contribution in [0.4, 0.5) is 13.2 Å². The fraction of sp³-hybridized carbons (Fsp3) is 0.143. The standard InChI is InChI=1S/C14H10ClF3O2/c15-11-6-5-9(7-12(11)19)8-20-13-4-2-1-3-10(13)14(16,17)18/h1-7,19H,8H2. The van der Waals surface area contributed by atoms with Crippen LogP contribution < -0.4 is 4.74 Å². The van der Waals surface area contributed by atoms with E-state index in [0.717, 1.165) is 6.07 Å². The molecule has 106 valence electrons. The summed E-state index contributed by atoms with van der Waals surface area (Å²) in [4.78, 5) is 0. The van der Waals surface area contributed by atoms with Crippen LogP contribution in [0.25, 0.3) is 0 Å². The first-order valence-corrected chi connectivity index (χ1v) is 6.02. The van der Waals surface area contributed by atoms with Crippen LogP contribution in [-0.4, -0.2) is 5.11 Å². The zero-order valence-electron chi connectivity index (χ0n) is 10.1. The van der Waals surface area contributed by atoms with Crippen molar-refractivity contribution < 1.29 is 23.0 Å². The van der Waals surface area contributed by atoms with Gasteiger partial charge in [-0.15, -0.1) is 0 Å². The fourth-order valence-corrected chi connectivity index (χ4v) is 1.75. The number of alkyl halides is 3. The third-order valence-corrected chi connectivity index (χ3v) is 2.92. The molecule has 0 aromatic heterocycles. The van der Waals surface area contributed by atoms with Crippen LogP contribution in [0.1, 0.15) is 11.1 Å².